The lowest BCUT2D eigenvalue weighted by molar-refractivity contribution is -0.120. The van der Waals surface area contributed by atoms with Crippen LogP contribution in [0.2, 0.25) is 0 Å². The Morgan fingerprint density at radius 1 is 1.56 bits per heavy atom. The maximum Gasteiger partial charge on any atom is 0.243 e. The molecule has 1 heterocycles. The predicted molar refractivity (Wildman–Crippen MR) is 67.6 cm³/mol. The van der Waals surface area contributed by atoms with Crippen molar-refractivity contribution in [1.29, 1.82) is 5.26 Å². The minimum atomic E-state index is -0.313. The zero-order valence-electron chi connectivity index (χ0n) is 10.6. The summed E-state index contributed by atoms with van der Waals surface area (Å²) in [6.45, 7) is 5.06. The average molecular weight is 247 g/mol. The molecule has 0 bridgehead atoms. The van der Waals surface area contributed by atoms with Gasteiger partial charge in [-0.2, -0.15) is 5.26 Å². The fourth-order valence-electron chi connectivity index (χ4n) is 1.56. The van der Waals surface area contributed by atoms with Crippen LogP contribution in [0.25, 0.3) is 0 Å². The summed E-state index contributed by atoms with van der Waals surface area (Å²) in [5.41, 5.74) is 0. The summed E-state index contributed by atoms with van der Waals surface area (Å²) >= 11 is 0. The van der Waals surface area contributed by atoms with Crippen LogP contribution < -0.4 is 5.32 Å². The largest absolute Gasteiger partial charge is 0.293 e. The van der Waals surface area contributed by atoms with E-state index in [0.717, 1.165) is 0 Å². The van der Waals surface area contributed by atoms with E-state index in [-0.39, 0.29) is 11.9 Å². The van der Waals surface area contributed by atoms with Crippen LogP contribution in [-0.4, -0.2) is 39.9 Å². The Labute approximate surface area is 107 Å². The second-order valence-corrected chi connectivity index (χ2v) is 3.77. The number of hydrogen-bond acceptors (Lipinski definition) is 5. The Morgan fingerprint density at radius 2 is 2.22 bits per heavy atom. The van der Waals surface area contributed by atoms with Crippen LogP contribution in [-0.2, 0) is 4.79 Å². The minimum Gasteiger partial charge on any atom is -0.293 e. The number of nitriles is 1. The van der Waals surface area contributed by atoms with E-state index in [2.05, 4.69) is 21.4 Å². The standard InChI is InChI=1S/C12H17N5O/c1-3-17(9-4-6-13)10(2)11(18)16-12-14-7-5-8-15-12/h5,7-8,10H,3-4,9H2,1-2H3,(H,14,15,16,18)/t10-/m0/s1. The van der Waals surface area contributed by atoms with E-state index in [0.29, 0.717) is 25.5 Å². The van der Waals surface area contributed by atoms with Gasteiger partial charge in [0.1, 0.15) is 0 Å². The van der Waals surface area contributed by atoms with Gasteiger partial charge in [0.2, 0.25) is 11.9 Å². The molecule has 0 unspecified atom stereocenters. The molecule has 0 saturated carbocycles. The first-order valence-corrected chi connectivity index (χ1v) is 5.88. The average Bonchev–Trinajstić information content (AvgIpc) is 2.40. The molecule has 1 atom stereocenters. The van der Waals surface area contributed by atoms with Crippen molar-refractivity contribution in [2.45, 2.75) is 26.3 Å². The van der Waals surface area contributed by atoms with Crippen molar-refractivity contribution in [2.75, 3.05) is 18.4 Å². The van der Waals surface area contributed by atoms with Crippen LogP contribution in [0.5, 0.6) is 0 Å². The smallest absolute Gasteiger partial charge is 0.243 e. The number of hydrogen-bond donors (Lipinski definition) is 1. The molecule has 1 N–H and O–H groups in total. The molecule has 96 valence electrons. The number of nitrogens with one attached hydrogen (secondary N) is 1. The van der Waals surface area contributed by atoms with Gasteiger partial charge in [0.25, 0.3) is 0 Å². The van der Waals surface area contributed by atoms with Crippen molar-refractivity contribution in [3.05, 3.63) is 18.5 Å². The fraction of sp³-hybridized carbons (Fsp3) is 0.500. The van der Waals surface area contributed by atoms with Crippen molar-refractivity contribution in [2.24, 2.45) is 0 Å². The van der Waals surface area contributed by atoms with Crippen molar-refractivity contribution >= 4 is 11.9 Å². The summed E-state index contributed by atoms with van der Waals surface area (Å²) in [6.07, 6.45) is 3.55. The second-order valence-electron chi connectivity index (χ2n) is 3.77. The SMILES string of the molecule is CCN(CCC#N)[C@@H](C)C(=O)Nc1ncccn1. The van der Waals surface area contributed by atoms with E-state index >= 15 is 0 Å². The molecule has 1 amide bonds. The molecule has 0 saturated heterocycles. The number of rotatable bonds is 6. The van der Waals surface area contributed by atoms with Crippen molar-refractivity contribution < 1.29 is 4.79 Å². The molecule has 0 fully saturated rings. The Hall–Kier alpha value is -2.00. The topological polar surface area (TPSA) is 81.9 Å². The van der Waals surface area contributed by atoms with Crippen LogP contribution in [0.1, 0.15) is 20.3 Å². The Kier molecular flexibility index (Phi) is 5.74. The predicted octanol–water partition coefficient (Wildman–Crippen LogP) is 1.04. The van der Waals surface area contributed by atoms with Gasteiger partial charge in [-0.1, -0.05) is 6.92 Å². The van der Waals surface area contributed by atoms with Crippen LogP contribution >= 0.6 is 0 Å². The van der Waals surface area contributed by atoms with Crippen LogP contribution in [0.15, 0.2) is 18.5 Å². The molecule has 6 heteroatoms. The molecule has 0 aliphatic heterocycles. The van der Waals surface area contributed by atoms with Gasteiger partial charge < -0.3 is 0 Å². The number of amides is 1. The van der Waals surface area contributed by atoms with Crippen LogP contribution in [0.3, 0.4) is 0 Å². The maximum atomic E-state index is 12.0. The number of carbonyl (C=O) groups excluding carboxylic acids is 1. The molecule has 1 aromatic heterocycles. The quantitative estimate of drug-likeness (QED) is 0.812. The van der Waals surface area contributed by atoms with Gasteiger partial charge in [-0.15, -0.1) is 0 Å². The van der Waals surface area contributed by atoms with E-state index in [4.69, 9.17) is 5.26 Å². The monoisotopic (exact) mass is 247 g/mol. The molecular formula is C12H17N5O. The van der Waals surface area contributed by atoms with Gasteiger partial charge in [0, 0.05) is 25.4 Å². The zero-order chi connectivity index (χ0) is 13.4. The highest BCUT2D eigenvalue weighted by Crippen LogP contribution is 2.03. The first kappa shape index (κ1) is 14.1. The summed E-state index contributed by atoms with van der Waals surface area (Å²) in [7, 11) is 0. The molecule has 18 heavy (non-hydrogen) atoms. The summed E-state index contributed by atoms with van der Waals surface area (Å²) < 4.78 is 0. The molecule has 0 spiro atoms. The molecule has 1 rings (SSSR count). The Bertz CT molecular complexity index is 414. The molecule has 0 aliphatic rings. The first-order chi connectivity index (χ1) is 8.69. The number of nitrogens with zero attached hydrogens (tertiary/aromatic N) is 4. The van der Waals surface area contributed by atoms with Gasteiger partial charge in [0.05, 0.1) is 12.1 Å². The van der Waals surface area contributed by atoms with Crippen molar-refractivity contribution in [1.82, 2.24) is 14.9 Å². The number of aromatic nitrogens is 2. The Morgan fingerprint density at radius 3 is 2.78 bits per heavy atom. The van der Waals surface area contributed by atoms with E-state index < -0.39 is 0 Å². The van der Waals surface area contributed by atoms with Crippen molar-refractivity contribution in [3.8, 4) is 6.07 Å². The van der Waals surface area contributed by atoms with Gasteiger partial charge in [-0.25, -0.2) is 9.97 Å². The molecule has 0 radical (unpaired) electrons. The van der Waals surface area contributed by atoms with Crippen molar-refractivity contribution in [3.63, 3.8) is 0 Å². The van der Waals surface area contributed by atoms with E-state index in [1.54, 1.807) is 25.4 Å². The fourth-order valence-corrected chi connectivity index (χ4v) is 1.56. The first-order valence-electron chi connectivity index (χ1n) is 5.88. The molecule has 1 aromatic rings. The lowest BCUT2D eigenvalue weighted by Gasteiger charge is -2.25. The molecule has 0 aromatic carbocycles. The van der Waals surface area contributed by atoms with E-state index in [9.17, 15) is 4.79 Å². The van der Waals surface area contributed by atoms with E-state index in [1.165, 1.54) is 0 Å². The summed E-state index contributed by atoms with van der Waals surface area (Å²) in [4.78, 5) is 21.8. The second kappa shape index (κ2) is 7.35. The van der Waals surface area contributed by atoms with E-state index in [1.807, 2.05) is 11.8 Å². The van der Waals surface area contributed by atoms with Crippen LogP contribution in [0, 0.1) is 11.3 Å². The number of carbonyl (C=O) groups is 1. The lowest BCUT2D eigenvalue weighted by atomic mass is 10.2. The van der Waals surface area contributed by atoms with Crippen LogP contribution in [0.4, 0.5) is 5.95 Å². The third-order valence-electron chi connectivity index (χ3n) is 2.64. The summed E-state index contributed by atoms with van der Waals surface area (Å²) in [5.74, 6) is 0.131. The molecular weight excluding hydrogens is 230 g/mol. The highest BCUT2D eigenvalue weighted by molar-refractivity contribution is 5.92. The van der Waals surface area contributed by atoms with Gasteiger partial charge in [0.15, 0.2) is 0 Å². The normalized spacial score (nSPS) is 11.9. The Balaban J connectivity index is 2.57. The molecule has 6 nitrogen and oxygen atoms in total. The summed E-state index contributed by atoms with van der Waals surface area (Å²) in [5, 5.41) is 11.2. The highest BCUT2D eigenvalue weighted by Gasteiger charge is 2.20. The third-order valence-corrected chi connectivity index (χ3v) is 2.64. The number of anilines is 1. The third kappa shape index (κ3) is 4.11. The van der Waals surface area contributed by atoms with Gasteiger partial charge in [-0.3, -0.25) is 15.0 Å². The zero-order valence-corrected chi connectivity index (χ0v) is 10.6. The van der Waals surface area contributed by atoms with Gasteiger partial charge >= 0.3 is 0 Å². The lowest BCUT2D eigenvalue weighted by Crippen LogP contribution is -2.42. The molecule has 0 aliphatic carbocycles. The maximum absolute atomic E-state index is 12.0. The minimum absolute atomic E-state index is 0.166. The number of likely N-dealkylation sites (N-methyl/N-ethyl adjacent to an activating group) is 1. The van der Waals surface area contributed by atoms with Gasteiger partial charge in [-0.05, 0) is 19.5 Å². The summed E-state index contributed by atoms with van der Waals surface area (Å²) in [6, 6.07) is 3.45. The highest BCUT2D eigenvalue weighted by atomic mass is 16.2.